The van der Waals surface area contributed by atoms with Crippen LogP contribution in [-0.2, 0) is 0 Å². The summed E-state index contributed by atoms with van der Waals surface area (Å²) in [5.74, 6) is 1.70. The lowest BCUT2D eigenvalue weighted by atomic mass is 10.3. The Morgan fingerprint density at radius 1 is 1.38 bits per heavy atom. The average Bonchev–Trinajstić information content (AvgIpc) is 2.68. The van der Waals surface area contributed by atoms with Gasteiger partial charge in [-0.05, 0) is 32.4 Å². The minimum atomic E-state index is 0.242. The largest absolute Gasteiger partial charge is 0.264 e. The molecule has 2 heterocycles. The quantitative estimate of drug-likeness (QED) is 0.829. The molecule has 0 aliphatic carbocycles. The third kappa shape index (κ3) is 2.41. The third-order valence-electron chi connectivity index (χ3n) is 2.25. The van der Waals surface area contributed by atoms with Crippen LogP contribution in [0.25, 0.3) is 0 Å². The number of pyridine rings is 1. The summed E-state index contributed by atoms with van der Waals surface area (Å²) in [7, 11) is 0. The van der Waals surface area contributed by atoms with Gasteiger partial charge < -0.3 is 0 Å². The molecule has 0 spiro atoms. The number of aromatic amines is 1. The number of nitrogens with one attached hydrogen (secondary N) is 1. The van der Waals surface area contributed by atoms with Crippen molar-refractivity contribution >= 4 is 11.8 Å². The molecule has 5 heteroatoms. The number of hydrogen-bond donors (Lipinski definition) is 1. The second-order valence-corrected chi connectivity index (χ2v) is 5.06. The van der Waals surface area contributed by atoms with Gasteiger partial charge in [0.2, 0.25) is 0 Å². The maximum absolute atomic E-state index is 4.33. The van der Waals surface area contributed by atoms with Crippen molar-refractivity contribution in [2.24, 2.45) is 0 Å². The fraction of sp³-hybridized carbons (Fsp3) is 0.364. The molecule has 2 aromatic heterocycles. The zero-order valence-electron chi connectivity index (χ0n) is 9.56. The average molecular weight is 234 g/mol. The summed E-state index contributed by atoms with van der Waals surface area (Å²) in [5, 5.41) is 7.27. The maximum atomic E-state index is 4.33. The van der Waals surface area contributed by atoms with E-state index in [0.717, 1.165) is 11.6 Å². The molecule has 4 nitrogen and oxygen atoms in total. The highest BCUT2D eigenvalue weighted by Crippen LogP contribution is 2.34. The van der Waals surface area contributed by atoms with Gasteiger partial charge in [0.25, 0.3) is 0 Å². The molecule has 1 unspecified atom stereocenters. The number of thioether (sulfide) groups is 1. The molecule has 0 saturated carbocycles. The molecule has 1 atom stereocenters. The van der Waals surface area contributed by atoms with Gasteiger partial charge in [-0.2, -0.15) is 5.10 Å². The fourth-order valence-corrected chi connectivity index (χ4v) is 2.35. The van der Waals surface area contributed by atoms with E-state index in [4.69, 9.17) is 0 Å². The van der Waals surface area contributed by atoms with E-state index < -0.39 is 0 Å². The van der Waals surface area contributed by atoms with Crippen molar-refractivity contribution in [3.05, 3.63) is 35.7 Å². The van der Waals surface area contributed by atoms with Crippen molar-refractivity contribution in [3.63, 3.8) is 0 Å². The lowest BCUT2D eigenvalue weighted by Crippen LogP contribution is -1.93. The van der Waals surface area contributed by atoms with Gasteiger partial charge in [0, 0.05) is 17.3 Å². The highest BCUT2D eigenvalue weighted by Gasteiger charge is 2.13. The number of H-pyrrole nitrogens is 1. The molecule has 0 radical (unpaired) electrons. The molecular weight excluding hydrogens is 220 g/mol. The van der Waals surface area contributed by atoms with Gasteiger partial charge >= 0.3 is 0 Å². The van der Waals surface area contributed by atoms with Gasteiger partial charge in [-0.25, -0.2) is 4.98 Å². The van der Waals surface area contributed by atoms with Crippen LogP contribution in [0.1, 0.15) is 29.4 Å². The maximum Gasteiger partial charge on any atom is 0.163 e. The Labute approximate surface area is 98.9 Å². The molecule has 16 heavy (non-hydrogen) atoms. The van der Waals surface area contributed by atoms with E-state index in [2.05, 4.69) is 34.0 Å². The van der Waals surface area contributed by atoms with Crippen molar-refractivity contribution in [2.45, 2.75) is 30.9 Å². The highest BCUT2D eigenvalue weighted by atomic mass is 32.2. The first-order chi connectivity index (χ1) is 7.66. The Bertz CT molecular complexity index is 480. The molecule has 0 bridgehead atoms. The van der Waals surface area contributed by atoms with Gasteiger partial charge in [0.05, 0.1) is 5.25 Å². The van der Waals surface area contributed by atoms with Crippen molar-refractivity contribution in [2.75, 3.05) is 0 Å². The van der Waals surface area contributed by atoms with Crippen LogP contribution in [-0.4, -0.2) is 20.2 Å². The Morgan fingerprint density at radius 3 is 2.81 bits per heavy atom. The summed E-state index contributed by atoms with van der Waals surface area (Å²) in [6.45, 7) is 6.07. The highest BCUT2D eigenvalue weighted by molar-refractivity contribution is 7.99. The number of hydrogen-bond acceptors (Lipinski definition) is 4. The first-order valence-corrected chi connectivity index (χ1v) is 6.01. The molecule has 0 aliphatic rings. The molecule has 0 saturated heterocycles. The molecule has 2 aromatic rings. The topological polar surface area (TPSA) is 54.5 Å². The van der Waals surface area contributed by atoms with E-state index in [9.17, 15) is 0 Å². The standard InChI is InChI=1S/C11H14N4S/c1-7-6-12-5-4-10(7)16-8(2)11-13-9(3)14-15-11/h4-6,8H,1-3H3,(H,13,14,15). The van der Waals surface area contributed by atoms with E-state index in [1.54, 1.807) is 11.8 Å². The molecular formula is C11H14N4S. The third-order valence-corrected chi connectivity index (χ3v) is 3.53. The van der Waals surface area contributed by atoms with Gasteiger partial charge in [-0.3, -0.25) is 10.1 Å². The lowest BCUT2D eigenvalue weighted by Gasteiger charge is -2.08. The number of rotatable bonds is 3. The van der Waals surface area contributed by atoms with Crippen LogP contribution < -0.4 is 0 Å². The van der Waals surface area contributed by atoms with E-state index in [-0.39, 0.29) is 5.25 Å². The number of aryl methyl sites for hydroxylation is 2. The van der Waals surface area contributed by atoms with Crippen molar-refractivity contribution < 1.29 is 0 Å². The zero-order valence-corrected chi connectivity index (χ0v) is 10.4. The SMILES string of the molecule is Cc1nc(C(C)Sc2ccncc2C)n[nH]1. The summed E-state index contributed by atoms with van der Waals surface area (Å²) in [6, 6.07) is 2.02. The van der Waals surface area contributed by atoms with Gasteiger partial charge in [0.15, 0.2) is 5.82 Å². The van der Waals surface area contributed by atoms with E-state index in [1.807, 2.05) is 25.4 Å². The van der Waals surface area contributed by atoms with E-state index in [0.29, 0.717) is 0 Å². The second-order valence-electron chi connectivity index (χ2n) is 3.68. The zero-order chi connectivity index (χ0) is 11.5. The van der Waals surface area contributed by atoms with Gasteiger partial charge in [-0.15, -0.1) is 11.8 Å². The minimum absolute atomic E-state index is 0.242. The van der Waals surface area contributed by atoms with Crippen LogP contribution in [0.2, 0.25) is 0 Å². The van der Waals surface area contributed by atoms with Crippen LogP contribution >= 0.6 is 11.8 Å². The Morgan fingerprint density at radius 2 is 2.19 bits per heavy atom. The van der Waals surface area contributed by atoms with Crippen molar-refractivity contribution in [1.82, 2.24) is 20.2 Å². The molecule has 0 fully saturated rings. The monoisotopic (exact) mass is 234 g/mol. The predicted octanol–water partition coefficient (Wildman–Crippen LogP) is 2.67. The number of aromatic nitrogens is 4. The smallest absolute Gasteiger partial charge is 0.163 e. The van der Waals surface area contributed by atoms with E-state index >= 15 is 0 Å². The van der Waals surface area contributed by atoms with E-state index in [1.165, 1.54) is 10.5 Å². The van der Waals surface area contributed by atoms with Crippen molar-refractivity contribution in [3.8, 4) is 0 Å². The molecule has 0 aliphatic heterocycles. The van der Waals surface area contributed by atoms with Crippen molar-refractivity contribution in [1.29, 1.82) is 0 Å². The van der Waals surface area contributed by atoms with Crippen LogP contribution in [0.5, 0.6) is 0 Å². The summed E-state index contributed by atoms with van der Waals surface area (Å²) < 4.78 is 0. The minimum Gasteiger partial charge on any atom is -0.264 e. The predicted molar refractivity (Wildman–Crippen MR) is 64.4 cm³/mol. The summed E-state index contributed by atoms with van der Waals surface area (Å²) in [5.41, 5.74) is 1.19. The fourth-order valence-electron chi connectivity index (χ4n) is 1.38. The Kier molecular flexibility index (Phi) is 3.24. The molecule has 1 N–H and O–H groups in total. The molecule has 0 aromatic carbocycles. The molecule has 84 valence electrons. The van der Waals surface area contributed by atoms with Crippen LogP contribution in [0.3, 0.4) is 0 Å². The normalized spacial score (nSPS) is 12.7. The molecule has 0 amide bonds. The lowest BCUT2D eigenvalue weighted by molar-refractivity contribution is 0.924. The van der Waals surface area contributed by atoms with Crippen LogP contribution in [0.4, 0.5) is 0 Å². The first-order valence-electron chi connectivity index (χ1n) is 5.13. The summed E-state index contributed by atoms with van der Waals surface area (Å²) in [4.78, 5) is 9.64. The first kappa shape index (κ1) is 11.1. The molecule has 2 rings (SSSR count). The second kappa shape index (κ2) is 4.65. The van der Waals surface area contributed by atoms with Gasteiger partial charge in [-0.1, -0.05) is 0 Å². The Hall–Kier alpha value is -1.36. The summed E-state index contributed by atoms with van der Waals surface area (Å²) >= 11 is 1.75. The summed E-state index contributed by atoms with van der Waals surface area (Å²) in [6.07, 6.45) is 3.68. The van der Waals surface area contributed by atoms with Crippen LogP contribution in [0, 0.1) is 13.8 Å². The number of nitrogens with zero attached hydrogens (tertiary/aromatic N) is 3. The van der Waals surface area contributed by atoms with Gasteiger partial charge in [0.1, 0.15) is 5.82 Å². The van der Waals surface area contributed by atoms with Crippen LogP contribution in [0.15, 0.2) is 23.4 Å². The Balaban J connectivity index is 2.13.